The number of anilines is 1. The summed E-state index contributed by atoms with van der Waals surface area (Å²) in [6.07, 6.45) is 0. The summed E-state index contributed by atoms with van der Waals surface area (Å²) in [7, 11) is 0. The molecule has 0 saturated carbocycles. The third-order valence-electron chi connectivity index (χ3n) is 3.00. The largest absolute Gasteiger partial charge is 0.323 e. The summed E-state index contributed by atoms with van der Waals surface area (Å²) in [6.45, 7) is 5.76. The summed E-state index contributed by atoms with van der Waals surface area (Å²) < 4.78 is 26.9. The Morgan fingerprint density at radius 3 is 2.50 bits per heavy atom. The van der Waals surface area contributed by atoms with Crippen LogP contribution in [0.25, 0.3) is 10.9 Å². The molecule has 0 atom stereocenters. The third-order valence-corrected chi connectivity index (χ3v) is 3.00. The number of benzene rings is 1. The molecule has 0 bridgehead atoms. The first kappa shape index (κ1) is 12.7. The van der Waals surface area contributed by atoms with Crippen LogP contribution in [-0.4, -0.2) is 4.98 Å². The second-order valence-corrected chi connectivity index (χ2v) is 4.54. The summed E-state index contributed by atoms with van der Waals surface area (Å²) >= 11 is 0. The number of pyridine rings is 1. The number of nitrogen functional groups attached to an aromatic ring is 1. The Balaban J connectivity index is 2.93. The van der Waals surface area contributed by atoms with E-state index in [9.17, 15) is 8.78 Å². The van der Waals surface area contributed by atoms with Crippen molar-refractivity contribution in [1.29, 1.82) is 0 Å². The van der Waals surface area contributed by atoms with Gasteiger partial charge in [0.2, 0.25) is 0 Å². The molecule has 0 saturated heterocycles. The van der Waals surface area contributed by atoms with Crippen LogP contribution in [0.4, 0.5) is 14.5 Å². The lowest BCUT2D eigenvalue weighted by molar-refractivity contribution is 0.515. The van der Waals surface area contributed by atoms with Gasteiger partial charge in [0.25, 0.3) is 0 Å². The van der Waals surface area contributed by atoms with E-state index in [1.54, 1.807) is 6.92 Å². The molecule has 1 aromatic heterocycles. The molecule has 96 valence electrons. The second-order valence-electron chi connectivity index (χ2n) is 4.54. The van der Waals surface area contributed by atoms with Gasteiger partial charge < -0.3 is 5.43 Å². The number of hydrazine groups is 1. The molecule has 0 aliphatic rings. The second kappa shape index (κ2) is 4.49. The van der Waals surface area contributed by atoms with Gasteiger partial charge in [0.15, 0.2) is 11.6 Å². The number of rotatable bonds is 2. The van der Waals surface area contributed by atoms with Gasteiger partial charge in [0.05, 0.1) is 5.69 Å². The highest BCUT2D eigenvalue weighted by Gasteiger charge is 2.18. The van der Waals surface area contributed by atoms with Crippen molar-refractivity contribution in [2.24, 2.45) is 5.84 Å². The first-order valence-corrected chi connectivity index (χ1v) is 5.72. The molecular weight excluding hydrogens is 236 g/mol. The molecule has 2 aromatic rings. The van der Waals surface area contributed by atoms with E-state index in [0.717, 1.165) is 11.6 Å². The molecule has 0 fully saturated rings. The minimum atomic E-state index is -0.942. The maximum atomic E-state index is 13.7. The molecule has 0 aliphatic carbocycles. The minimum absolute atomic E-state index is 0.00449. The van der Waals surface area contributed by atoms with Gasteiger partial charge >= 0.3 is 0 Å². The van der Waals surface area contributed by atoms with Crippen LogP contribution in [0.2, 0.25) is 0 Å². The summed E-state index contributed by atoms with van der Waals surface area (Å²) in [4.78, 5) is 4.16. The van der Waals surface area contributed by atoms with E-state index in [4.69, 9.17) is 5.84 Å². The molecular formula is C13H15F2N3. The predicted molar refractivity (Wildman–Crippen MR) is 68.3 cm³/mol. The Morgan fingerprint density at radius 2 is 1.94 bits per heavy atom. The molecule has 3 N–H and O–H groups in total. The fraction of sp³-hybridized carbons (Fsp3) is 0.308. The fourth-order valence-corrected chi connectivity index (χ4v) is 2.27. The third kappa shape index (κ3) is 1.80. The highest BCUT2D eigenvalue weighted by atomic mass is 19.2. The van der Waals surface area contributed by atoms with Crippen molar-refractivity contribution in [3.05, 3.63) is 35.0 Å². The van der Waals surface area contributed by atoms with Gasteiger partial charge in [-0.25, -0.2) is 13.8 Å². The van der Waals surface area contributed by atoms with Crippen molar-refractivity contribution in [2.45, 2.75) is 26.7 Å². The summed E-state index contributed by atoms with van der Waals surface area (Å²) in [5.41, 5.74) is 4.75. The van der Waals surface area contributed by atoms with E-state index in [1.807, 2.05) is 13.8 Å². The maximum Gasteiger partial charge on any atom is 0.185 e. The summed E-state index contributed by atoms with van der Waals surface area (Å²) in [5, 5.41) is 0.491. The number of halogens is 2. The number of fused-ring (bicyclic) bond motifs is 1. The molecule has 2 rings (SSSR count). The van der Waals surface area contributed by atoms with E-state index in [2.05, 4.69) is 10.4 Å². The van der Waals surface area contributed by atoms with Crippen molar-refractivity contribution in [3.63, 3.8) is 0 Å². The number of nitrogens with two attached hydrogens (primary N) is 1. The molecule has 1 aromatic carbocycles. The van der Waals surface area contributed by atoms with Gasteiger partial charge in [0, 0.05) is 16.6 Å². The number of aromatic nitrogens is 1. The van der Waals surface area contributed by atoms with Crippen molar-refractivity contribution in [3.8, 4) is 0 Å². The van der Waals surface area contributed by atoms with Gasteiger partial charge in [-0.15, -0.1) is 0 Å². The molecule has 0 spiro atoms. The van der Waals surface area contributed by atoms with Crippen molar-refractivity contribution in [1.82, 2.24) is 4.98 Å². The van der Waals surface area contributed by atoms with E-state index < -0.39 is 11.6 Å². The zero-order chi connectivity index (χ0) is 13.4. The van der Waals surface area contributed by atoms with E-state index in [-0.39, 0.29) is 11.4 Å². The quantitative estimate of drug-likeness (QED) is 0.636. The Morgan fingerprint density at radius 1 is 1.28 bits per heavy atom. The Hall–Kier alpha value is -1.75. The Kier molecular flexibility index (Phi) is 3.17. The zero-order valence-electron chi connectivity index (χ0n) is 10.5. The number of aryl methyl sites for hydroxylation is 1. The lowest BCUT2D eigenvalue weighted by Gasteiger charge is -2.17. The molecule has 0 radical (unpaired) electrons. The highest BCUT2D eigenvalue weighted by Crippen LogP contribution is 2.34. The SMILES string of the molecule is Cc1nc2c(F)c(F)ccc2c(NN)c1C(C)C. The highest BCUT2D eigenvalue weighted by molar-refractivity contribution is 5.93. The number of hydrogen-bond donors (Lipinski definition) is 2. The molecule has 1 heterocycles. The summed E-state index contributed by atoms with van der Waals surface area (Å²) in [6, 6.07) is 2.57. The zero-order valence-corrected chi connectivity index (χ0v) is 10.5. The first-order valence-electron chi connectivity index (χ1n) is 5.72. The average Bonchev–Trinajstić information content (AvgIpc) is 2.32. The van der Waals surface area contributed by atoms with Gasteiger partial charge in [-0.05, 0) is 25.0 Å². The van der Waals surface area contributed by atoms with Crippen LogP contribution in [0, 0.1) is 18.6 Å². The van der Waals surface area contributed by atoms with Gasteiger partial charge in [-0.2, -0.15) is 0 Å². The molecule has 5 heteroatoms. The molecule has 0 amide bonds. The van der Waals surface area contributed by atoms with Crippen molar-refractivity contribution in [2.75, 3.05) is 5.43 Å². The smallest absolute Gasteiger partial charge is 0.185 e. The first-order chi connectivity index (χ1) is 8.47. The van der Waals surface area contributed by atoms with Crippen LogP contribution in [0.3, 0.4) is 0 Å². The van der Waals surface area contributed by atoms with Gasteiger partial charge in [-0.1, -0.05) is 13.8 Å². The van der Waals surface area contributed by atoms with Crippen LogP contribution >= 0.6 is 0 Å². The molecule has 3 nitrogen and oxygen atoms in total. The molecule has 0 aliphatic heterocycles. The lowest BCUT2D eigenvalue weighted by atomic mass is 9.97. The predicted octanol–water partition coefficient (Wildman–Crippen LogP) is 3.23. The standard InChI is InChI=1S/C13H15F2N3/c1-6(2)10-7(3)17-13-8(12(10)18-16)4-5-9(14)11(13)15/h4-6H,16H2,1-3H3,(H,17,18). The van der Waals surface area contributed by atoms with Crippen molar-refractivity contribution >= 4 is 16.6 Å². The topological polar surface area (TPSA) is 50.9 Å². The van der Waals surface area contributed by atoms with E-state index in [0.29, 0.717) is 16.8 Å². The number of nitrogens with one attached hydrogen (secondary N) is 1. The Bertz CT molecular complexity index is 609. The minimum Gasteiger partial charge on any atom is -0.323 e. The monoisotopic (exact) mass is 251 g/mol. The van der Waals surface area contributed by atoms with E-state index in [1.165, 1.54) is 6.07 Å². The van der Waals surface area contributed by atoms with Crippen LogP contribution in [0.15, 0.2) is 12.1 Å². The van der Waals surface area contributed by atoms with Crippen LogP contribution < -0.4 is 11.3 Å². The van der Waals surface area contributed by atoms with Crippen LogP contribution in [0.1, 0.15) is 31.0 Å². The summed E-state index contributed by atoms with van der Waals surface area (Å²) in [5.74, 6) is 3.85. The number of nitrogens with zero attached hydrogens (tertiary/aromatic N) is 1. The van der Waals surface area contributed by atoms with Gasteiger partial charge in [0.1, 0.15) is 5.52 Å². The lowest BCUT2D eigenvalue weighted by Crippen LogP contribution is -2.13. The molecule has 18 heavy (non-hydrogen) atoms. The van der Waals surface area contributed by atoms with Crippen LogP contribution in [-0.2, 0) is 0 Å². The number of hydrogen-bond acceptors (Lipinski definition) is 3. The normalized spacial score (nSPS) is 11.3. The molecule has 0 unspecified atom stereocenters. The average molecular weight is 251 g/mol. The van der Waals surface area contributed by atoms with Gasteiger partial charge in [-0.3, -0.25) is 5.84 Å². The van der Waals surface area contributed by atoms with E-state index >= 15 is 0 Å². The van der Waals surface area contributed by atoms with Crippen LogP contribution in [0.5, 0.6) is 0 Å². The van der Waals surface area contributed by atoms with Crippen molar-refractivity contribution < 1.29 is 8.78 Å². The fourth-order valence-electron chi connectivity index (χ4n) is 2.27. The maximum absolute atomic E-state index is 13.7. The Labute approximate surface area is 104 Å².